The molecule has 1 N–H and O–H groups in total. The van der Waals surface area contributed by atoms with Crippen LogP contribution >= 0.6 is 11.8 Å². The number of nitrogens with zero attached hydrogens (tertiary/aromatic N) is 1. The Morgan fingerprint density at radius 3 is 2.75 bits per heavy atom. The largest absolute Gasteiger partial charge is 0.481 e. The van der Waals surface area contributed by atoms with Crippen LogP contribution in [0.15, 0.2) is 0 Å². The molecule has 1 heterocycles. The zero-order valence-corrected chi connectivity index (χ0v) is 10.6. The van der Waals surface area contributed by atoms with Crippen molar-refractivity contribution in [3.05, 3.63) is 0 Å². The standard InChI is InChI=1S/C12H21NO2S/c14-11(15)4-7-13-8-9-16-12(10-13)5-2-1-3-6-12/h1-10H2,(H,14,15). The van der Waals surface area contributed by atoms with Crippen LogP contribution in [0.3, 0.4) is 0 Å². The van der Waals surface area contributed by atoms with E-state index in [0.717, 1.165) is 19.6 Å². The Morgan fingerprint density at radius 2 is 2.06 bits per heavy atom. The number of carboxylic acids is 1. The van der Waals surface area contributed by atoms with Crippen LogP contribution in [-0.2, 0) is 4.79 Å². The van der Waals surface area contributed by atoms with E-state index in [-0.39, 0.29) is 0 Å². The fourth-order valence-electron chi connectivity index (χ4n) is 2.87. The molecule has 0 aromatic carbocycles. The first kappa shape index (κ1) is 12.2. The van der Waals surface area contributed by atoms with Gasteiger partial charge >= 0.3 is 5.97 Å². The van der Waals surface area contributed by atoms with Crippen molar-refractivity contribution in [2.75, 3.05) is 25.4 Å². The summed E-state index contributed by atoms with van der Waals surface area (Å²) in [5.74, 6) is 0.510. The molecule has 1 saturated carbocycles. The SMILES string of the molecule is O=C(O)CCN1CCSC2(CCCCC2)C1. The molecule has 1 aliphatic heterocycles. The van der Waals surface area contributed by atoms with Gasteiger partial charge in [0, 0.05) is 30.1 Å². The summed E-state index contributed by atoms with van der Waals surface area (Å²) in [6, 6.07) is 0. The second-order valence-electron chi connectivity index (χ2n) is 5.01. The predicted molar refractivity (Wildman–Crippen MR) is 67.0 cm³/mol. The van der Waals surface area contributed by atoms with Crippen molar-refractivity contribution in [1.82, 2.24) is 4.90 Å². The number of hydrogen-bond acceptors (Lipinski definition) is 3. The van der Waals surface area contributed by atoms with Crippen LogP contribution in [0.1, 0.15) is 38.5 Å². The van der Waals surface area contributed by atoms with E-state index in [1.807, 2.05) is 0 Å². The lowest BCUT2D eigenvalue weighted by Crippen LogP contribution is -2.48. The molecule has 2 rings (SSSR count). The first-order valence-corrected chi connectivity index (χ1v) is 7.27. The Hall–Kier alpha value is -0.220. The number of hydrogen-bond donors (Lipinski definition) is 1. The molecule has 0 aromatic rings. The summed E-state index contributed by atoms with van der Waals surface area (Å²) < 4.78 is 0.467. The van der Waals surface area contributed by atoms with Crippen molar-refractivity contribution in [3.8, 4) is 0 Å². The maximum atomic E-state index is 10.6. The van der Waals surface area contributed by atoms with Gasteiger partial charge in [-0.3, -0.25) is 4.79 Å². The Labute approximate surface area is 102 Å². The van der Waals surface area contributed by atoms with E-state index >= 15 is 0 Å². The molecule has 0 unspecified atom stereocenters. The number of carbonyl (C=O) groups is 1. The summed E-state index contributed by atoms with van der Waals surface area (Å²) in [5, 5.41) is 8.71. The van der Waals surface area contributed by atoms with E-state index in [0.29, 0.717) is 11.2 Å². The van der Waals surface area contributed by atoms with Gasteiger partial charge in [-0.2, -0.15) is 11.8 Å². The highest BCUT2D eigenvalue weighted by atomic mass is 32.2. The Morgan fingerprint density at radius 1 is 1.31 bits per heavy atom. The topological polar surface area (TPSA) is 40.5 Å². The van der Waals surface area contributed by atoms with Crippen LogP contribution in [-0.4, -0.2) is 46.1 Å². The molecular formula is C12H21NO2S. The van der Waals surface area contributed by atoms with Crippen LogP contribution in [0, 0.1) is 0 Å². The summed E-state index contributed by atoms with van der Waals surface area (Å²) in [4.78, 5) is 12.9. The van der Waals surface area contributed by atoms with Gasteiger partial charge in [0.25, 0.3) is 0 Å². The summed E-state index contributed by atoms with van der Waals surface area (Å²) in [6.45, 7) is 2.92. The van der Waals surface area contributed by atoms with Crippen molar-refractivity contribution in [2.45, 2.75) is 43.3 Å². The number of carboxylic acid groups (broad SMARTS) is 1. The summed E-state index contributed by atoms with van der Waals surface area (Å²) in [6.07, 6.45) is 7.07. The van der Waals surface area contributed by atoms with E-state index in [2.05, 4.69) is 16.7 Å². The van der Waals surface area contributed by atoms with Crippen molar-refractivity contribution in [3.63, 3.8) is 0 Å². The maximum Gasteiger partial charge on any atom is 0.304 e. The second-order valence-corrected chi connectivity index (χ2v) is 6.57. The van der Waals surface area contributed by atoms with Gasteiger partial charge in [-0.15, -0.1) is 0 Å². The zero-order chi connectivity index (χ0) is 11.4. The third-order valence-corrected chi connectivity index (χ3v) is 5.27. The summed E-state index contributed by atoms with van der Waals surface area (Å²) in [5.41, 5.74) is 0. The lowest BCUT2D eigenvalue weighted by Gasteiger charge is -2.44. The Bertz CT molecular complexity index is 246. The molecule has 1 saturated heterocycles. The predicted octanol–water partition coefficient (Wildman–Crippen LogP) is 2.21. The number of aliphatic carboxylic acids is 1. The van der Waals surface area contributed by atoms with Crippen molar-refractivity contribution >= 4 is 17.7 Å². The molecule has 2 fully saturated rings. The summed E-state index contributed by atoms with van der Waals surface area (Å²) in [7, 11) is 0. The van der Waals surface area contributed by atoms with Crippen molar-refractivity contribution in [2.24, 2.45) is 0 Å². The van der Waals surface area contributed by atoms with Gasteiger partial charge < -0.3 is 10.0 Å². The quantitative estimate of drug-likeness (QED) is 0.825. The highest BCUT2D eigenvalue weighted by Gasteiger charge is 2.36. The van der Waals surface area contributed by atoms with Gasteiger partial charge in [0.2, 0.25) is 0 Å². The molecule has 1 aliphatic carbocycles. The molecule has 4 heteroatoms. The van der Waals surface area contributed by atoms with Crippen molar-refractivity contribution in [1.29, 1.82) is 0 Å². The Balaban J connectivity index is 1.85. The average Bonchev–Trinajstić information content (AvgIpc) is 2.28. The smallest absolute Gasteiger partial charge is 0.304 e. The van der Waals surface area contributed by atoms with E-state index < -0.39 is 5.97 Å². The summed E-state index contributed by atoms with van der Waals surface area (Å²) >= 11 is 2.14. The lowest BCUT2D eigenvalue weighted by molar-refractivity contribution is -0.137. The molecule has 0 radical (unpaired) electrons. The number of thioether (sulfide) groups is 1. The second kappa shape index (κ2) is 5.41. The fourth-order valence-corrected chi connectivity index (χ4v) is 4.50. The minimum absolute atomic E-state index is 0.292. The van der Waals surface area contributed by atoms with Crippen molar-refractivity contribution < 1.29 is 9.90 Å². The lowest BCUT2D eigenvalue weighted by atomic mass is 9.87. The molecule has 0 bridgehead atoms. The monoisotopic (exact) mass is 243 g/mol. The van der Waals surface area contributed by atoms with Crippen LogP contribution in [0.4, 0.5) is 0 Å². The van der Waals surface area contributed by atoms with Crippen LogP contribution < -0.4 is 0 Å². The maximum absolute atomic E-state index is 10.6. The molecule has 0 aromatic heterocycles. The van der Waals surface area contributed by atoms with Gasteiger partial charge in [0.05, 0.1) is 6.42 Å². The van der Waals surface area contributed by atoms with E-state index in [1.54, 1.807) is 0 Å². The first-order valence-electron chi connectivity index (χ1n) is 6.28. The van der Waals surface area contributed by atoms with Gasteiger partial charge in [-0.25, -0.2) is 0 Å². The van der Waals surface area contributed by atoms with Gasteiger partial charge in [-0.1, -0.05) is 19.3 Å². The molecule has 16 heavy (non-hydrogen) atoms. The minimum Gasteiger partial charge on any atom is -0.481 e. The van der Waals surface area contributed by atoms with Crippen LogP contribution in [0.5, 0.6) is 0 Å². The molecule has 0 amide bonds. The fraction of sp³-hybridized carbons (Fsp3) is 0.917. The Kier molecular flexibility index (Phi) is 4.14. The highest BCUT2D eigenvalue weighted by Crippen LogP contribution is 2.42. The molecule has 0 atom stereocenters. The van der Waals surface area contributed by atoms with Gasteiger partial charge in [0.1, 0.15) is 0 Å². The van der Waals surface area contributed by atoms with Gasteiger partial charge in [0.15, 0.2) is 0 Å². The van der Waals surface area contributed by atoms with E-state index in [9.17, 15) is 4.79 Å². The molecule has 2 aliphatic rings. The molecule has 1 spiro atoms. The molecule has 92 valence electrons. The first-order chi connectivity index (χ1) is 7.70. The van der Waals surface area contributed by atoms with Crippen LogP contribution in [0.25, 0.3) is 0 Å². The van der Waals surface area contributed by atoms with E-state index in [1.165, 1.54) is 37.9 Å². The normalized spacial score (nSPS) is 25.8. The minimum atomic E-state index is -0.670. The van der Waals surface area contributed by atoms with Crippen LogP contribution in [0.2, 0.25) is 0 Å². The highest BCUT2D eigenvalue weighted by molar-refractivity contribution is 8.00. The molecular weight excluding hydrogens is 222 g/mol. The number of rotatable bonds is 3. The average molecular weight is 243 g/mol. The third-order valence-electron chi connectivity index (χ3n) is 3.73. The van der Waals surface area contributed by atoms with E-state index in [4.69, 9.17) is 5.11 Å². The van der Waals surface area contributed by atoms with Gasteiger partial charge in [-0.05, 0) is 12.8 Å². The third kappa shape index (κ3) is 3.14. The zero-order valence-electron chi connectivity index (χ0n) is 9.78. The molecule has 3 nitrogen and oxygen atoms in total.